The number of aromatic nitrogens is 2. The van der Waals surface area contributed by atoms with Crippen molar-refractivity contribution in [2.75, 3.05) is 11.4 Å². The minimum absolute atomic E-state index is 0.0332. The molecule has 0 atom stereocenters. The second kappa shape index (κ2) is 6.29. The lowest BCUT2D eigenvalue weighted by Gasteiger charge is -2.22. The molecule has 4 nitrogen and oxygen atoms in total. The summed E-state index contributed by atoms with van der Waals surface area (Å²) in [4.78, 5) is 11.1. The second-order valence-corrected chi connectivity index (χ2v) is 4.41. The molecule has 0 amide bonds. The Labute approximate surface area is 113 Å². The summed E-state index contributed by atoms with van der Waals surface area (Å²) in [6, 6.07) is 9.79. The van der Waals surface area contributed by atoms with E-state index < -0.39 is 0 Å². The molecule has 0 aliphatic rings. The van der Waals surface area contributed by atoms with E-state index in [0.717, 1.165) is 35.9 Å². The first kappa shape index (κ1) is 13.5. The second-order valence-electron chi connectivity index (χ2n) is 4.41. The monoisotopic (exact) mass is 257 g/mol. The third-order valence-corrected chi connectivity index (χ3v) is 3.14. The standard InChI is InChI=1S/C15H19N3O/c1-3-18(10-14-6-4-5-9-16-14)15-8-7-13(11-19)12(2)17-15/h4-9,19H,3,10-11H2,1-2H3. The number of nitrogens with zero attached hydrogens (tertiary/aromatic N) is 3. The Morgan fingerprint density at radius 2 is 2.05 bits per heavy atom. The van der Waals surface area contributed by atoms with E-state index in [4.69, 9.17) is 0 Å². The van der Waals surface area contributed by atoms with Crippen molar-refractivity contribution >= 4 is 5.82 Å². The number of aliphatic hydroxyl groups is 1. The van der Waals surface area contributed by atoms with Gasteiger partial charge in [0, 0.05) is 18.4 Å². The molecule has 2 aromatic heterocycles. The largest absolute Gasteiger partial charge is 0.392 e. The molecule has 0 aromatic carbocycles. The van der Waals surface area contributed by atoms with Gasteiger partial charge in [-0.1, -0.05) is 12.1 Å². The van der Waals surface area contributed by atoms with Gasteiger partial charge in [-0.3, -0.25) is 4.98 Å². The highest BCUT2D eigenvalue weighted by molar-refractivity contribution is 5.41. The van der Waals surface area contributed by atoms with Gasteiger partial charge in [-0.2, -0.15) is 0 Å². The summed E-state index contributed by atoms with van der Waals surface area (Å²) < 4.78 is 0. The molecular weight excluding hydrogens is 238 g/mol. The van der Waals surface area contributed by atoms with Crippen LogP contribution in [-0.4, -0.2) is 21.6 Å². The van der Waals surface area contributed by atoms with Crippen LogP contribution in [0.5, 0.6) is 0 Å². The first-order chi connectivity index (χ1) is 9.24. The average Bonchev–Trinajstić information content (AvgIpc) is 2.46. The Balaban J connectivity index is 2.20. The van der Waals surface area contributed by atoms with Gasteiger partial charge in [0.05, 0.1) is 18.8 Å². The number of aryl methyl sites for hydroxylation is 1. The van der Waals surface area contributed by atoms with Crippen LogP contribution in [-0.2, 0) is 13.2 Å². The molecule has 19 heavy (non-hydrogen) atoms. The van der Waals surface area contributed by atoms with Crippen molar-refractivity contribution in [3.63, 3.8) is 0 Å². The minimum atomic E-state index is 0.0332. The maximum absolute atomic E-state index is 9.18. The van der Waals surface area contributed by atoms with Crippen molar-refractivity contribution in [2.24, 2.45) is 0 Å². The van der Waals surface area contributed by atoms with Gasteiger partial charge in [0.2, 0.25) is 0 Å². The van der Waals surface area contributed by atoms with Crippen LogP contribution in [0.15, 0.2) is 36.5 Å². The van der Waals surface area contributed by atoms with Gasteiger partial charge in [-0.15, -0.1) is 0 Å². The molecule has 2 rings (SSSR count). The molecule has 0 fully saturated rings. The van der Waals surface area contributed by atoms with Gasteiger partial charge < -0.3 is 10.0 Å². The Bertz CT molecular complexity index is 528. The third kappa shape index (κ3) is 3.29. The van der Waals surface area contributed by atoms with Crippen LogP contribution in [0, 0.1) is 6.92 Å². The molecule has 0 radical (unpaired) electrons. The van der Waals surface area contributed by atoms with Crippen LogP contribution in [0.2, 0.25) is 0 Å². The van der Waals surface area contributed by atoms with E-state index in [1.54, 1.807) is 6.20 Å². The number of rotatable bonds is 5. The fourth-order valence-corrected chi connectivity index (χ4v) is 1.96. The third-order valence-electron chi connectivity index (χ3n) is 3.14. The molecule has 0 saturated heterocycles. The molecule has 1 N–H and O–H groups in total. The summed E-state index contributed by atoms with van der Waals surface area (Å²) in [5, 5.41) is 9.18. The van der Waals surface area contributed by atoms with Crippen LogP contribution in [0.1, 0.15) is 23.9 Å². The van der Waals surface area contributed by atoms with Crippen LogP contribution < -0.4 is 4.90 Å². The summed E-state index contributed by atoms with van der Waals surface area (Å²) in [6.07, 6.45) is 1.80. The zero-order chi connectivity index (χ0) is 13.7. The van der Waals surface area contributed by atoms with Crippen molar-refractivity contribution in [1.29, 1.82) is 0 Å². The van der Waals surface area contributed by atoms with E-state index in [1.807, 2.05) is 37.3 Å². The number of pyridine rings is 2. The molecule has 0 unspecified atom stereocenters. The molecule has 0 bridgehead atoms. The van der Waals surface area contributed by atoms with Crippen molar-refractivity contribution in [2.45, 2.75) is 27.0 Å². The summed E-state index contributed by atoms with van der Waals surface area (Å²) >= 11 is 0. The highest BCUT2D eigenvalue weighted by atomic mass is 16.3. The predicted octanol–water partition coefficient (Wildman–Crippen LogP) is 2.30. The molecule has 100 valence electrons. The molecule has 4 heteroatoms. The van der Waals surface area contributed by atoms with Gasteiger partial charge in [0.1, 0.15) is 5.82 Å². The molecule has 0 spiro atoms. The Kier molecular flexibility index (Phi) is 4.47. The van der Waals surface area contributed by atoms with Gasteiger partial charge >= 0.3 is 0 Å². The van der Waals surface area contributed by atoms with Crippen molar-refractivity contribution < 1.29 is 5.11 Å². The molecule has 0 saturated carbocycles. The molecular formula is C15H19N3O. The lowest BCUT2D eigenvalue weighted by molar-refractivity contribution is 0.280. The van der Waals surface area contributed by atoms with E-state index in [-0.39, 0.29) is 6.61 Å². The van der Waals surface area contributed by atoms with E-state index in [2.05, 4.69) is 21.8 Å². The van der Waals surface area contributed by atoms with Gasteiger partial charge in [0.25, 0.3) is 0 Å². The smallest absolute Gasteiger partial charge is 0.129 e. The van der Waals surface area contributed by atoms with Crippen LogP contribution >= 0.6 is 0 Å². The van der Waals surface area contributed by atoms with Gasteiger partial charge in [0.15, 0.2) is 0 Å². The quantitative estimate of drug-likeness (QED) is 0.893. The summed E-state index contributed by atoms with van der Waals surface area (Å²) in [5.74, 6) is 0.919. The highest BCUT2D eigenvalue weighted by Crippen LogP contribution is 2.16. The normalized spacial score (nSPS) is 10.5. The van der Waals surface area contributed by atoms with Crippen molar-refractivity contribution in [3.05, 3.63) is 53.5 Å². The molecule has 0 aliphatic carbocycles. The van der Waals surface area contributed by atoms with E-state index >= 15 is 0 Å². The molecule has 2 heterocycles. The topological polar surface area (TPSA) is 49.2 Å². The fraction of sp³-hybridized carbons (Fsp3) is 0.333. The maximum Gasteiger partial charge on any atom is 0.129 e. The minimum Gasteiger partial charge on any atom is -0.392 e. The van der Waals surface area contributed by atoms with Crippen molar-refractivity contribution in [3.8, 4) is 0 Å². The number of hydrogen-bond donors (Lipinski definition) is 1. The summed E-state index contributed by atoms with van der Waals surface area (Å²) in [6.45, 7) is 5.65. The average molecular weight is 257 g/mol. The maximum atomic E-state index is 9.18. The zero-order valence-corrected chi connectivity index (χ0v) is 11.4. The Morgan fingerprint density at radius 1 is 1.21 bits per heavy atom. The number of aliphatic hydroxyl groups excluding tert-OH is 1. The first-order valence-electron chi connectivity index (χ1n) is 6.46. The van der Waals surface area contributed by atoms with E-state index in [9.17, 15) is 5.11 Å². The van der Waals surface area contributed by atoms with Crippen molar-refractivity contribution in [1.82, 2.24) is 9.97 Å². The van der Waals surface area contributed by atoms with Gasteiger partial charge in [-0.05, 0) is 37.6 Å². The lowest BCUT2D eigenvalue weighted by atomic mass is 10.2. The SMILES string of the molecule is CCN(Cc1ccccn1)c1ccc(CO)c(C)n1. The zero-order valence-electron chi connectivity index (χ0n) is 11.4. The van der Waals surface area contributed by atoms with Crippen LogP contribution in [0.4, 0.5) is 5.82 Å². The molecule has 0 aliphatic heterocycles. The molecule has 2 aromatic rings. The highest BCUT2D eigenvalue weighted by Gasteiger charge is 2.09. The summed E-state index contributed by atoms with van der Waals surface area (Å²) in [5.41, 5.74) is 2.77. The Morgan fingerprint density at radius 3 is 2.63 bits per heavy atom. The lowest BCUT2D eigenvalue weighted by Crippen LogP contribution is -2.24. The number of hydrogen-bond acceptors (Lipinski definition) is 4. The summed E-state index contributed by atoms with van der Waals surface area (Å²) in [7, 11) is 0. The Hall–Kier alpha value is -1.94. The van der Waals surface area contributed by atoms with Crippen LogP contribution in [0.25, 0.3) is 0 Å². The van der Waals surface area contributed by atoms with Crippen LogP contribution in [0.3, 0.4) is 0 Å². The fourth-order valence-electron chi connectivity index (χ4n) is 1.96. The first-order valence-corrected chi connectivity index (χ1v) is 6.46. The van der Waals surface area contributed by atoms with E-state index in [1.165, 1.54) is 0 Å². The van der Waals surface area contributed by atoms with E-state index in [0.29, 0.717) is 0 Å². The van der Waals surface area contributed by atoms with Gasteiger partial charge in [-0.25, -0.2) is 4.98 Å². The number of anilines is 1. The predicted molar refractivity (Wildman–Crippen MR) is 75.9 cm³/mol.